The molecule has 0 fully saturated rings. The number of ether oxygens (including phenoxy) is 1. The summed E-state index contributed by atoms with van der Waals surface area (Å²) in [6, 6.07) is 0. The molecule has 0 aliphatic heterocycles. The summed E-state index contributed by atoms with van der Waals surface area (Å²) in [6.45, 7) is 0. The van der Waals surface area contributed by atoms with Gasteiger partial charge in [0.25, 0.3) is 5.83 Å². The SMILES string of the molecule is FC(F)=C(F)C(F)(F)OC(F)(F)C(F)(F)F. The Morgan fingerprint density at radius 1 is 0.750 bits per heavy atom. The van der Waals surface area contributed by atoms with Gasteiger partial charge in [0, 0.05) is 0 Å². The molecule has 0 aromatic rings. The molecule has 0 saturated heterocycles. The second kappa shape index (κ2) is 4.11. The predicted octanol–water partition coefficient (Wildman–Crippen LogP) is 3.83. The Hall–Kier alpha value is -1.00. The van der Waals surface area contributed by atoms with E-state index in [2.05, 4.69) is 0 Å². The fourth-order valence-electron chi connectivity index (χ4n) is 0.374. The molecule has 0 heterocycles. The van der Waals surface area contributed by atoms with Crippen molar-refractivity contribution >= 4 is 0 Å². The third-order valence-electron chi connectivity index (χ3n) is 1.01. The maximum Gasteiger partial charge on any atom is 0.483 e. The van der Waals surface area contributed by atoms with E-state index in [0.29, 0.717) is 0 Å². The van der Waals surface area contributed by atoms with Crippen molar-refractivity contribution in [1.82, 2.24) is 0 Å². The first-order valence-electron chi connectivity index (χ1n) is 3.05. The van der Waals surface area contributed by atoms with Crippen LogP contribution >= 0.6 is 0 Å². The largest absolute Gasteiger partial charge is 0.483 e. The lowest BCUT2D eigenvalue weighted by molar-refractivity contribution is -0.450. The third-order valence-corrected chi connectivity index (χ3v) is 1.01. The Kier molecular flexibility index (Phi) is 3.85. The summed E-state index contributed by atoms with van der Waals surface area (Å²) in [5.41, 5.74) is 0. The molecule has 0 aliphatic carbocycles. The van der Waals surface area contributed by atoms with Gasteiger partial charge in [-0.25, -0.2) is 4.74 Å². The number of hydrogen-bond acceptors (Lipinski definition) is 1. The molecular formula is C5F10O. The number of halogens is 10. The van der Waals surface area contributed by atoms with Crippen molar-refractivity contribution in [3.63, 3.8) is 0 Å². The van der Waals surface area contributed by atoms with Crippen LogP contribution in [0.4, 0.5) is 43.9 Å². The van der Waals surface area contributed by atoms with Gasteiger partial charge >= 0.3 is 24.5 Å². The smallest absolute Gasteiger partial charge is 0.242 e. The maximum absolute atomic E-state index is 12.0. The zero-order valence-electron chi connectivity index (χ0n) is 6.69. The second-order valence-corrected chi connectivity index (χ2v) is 2.21. The van der Waals surface area contributed by atoms with Crippen LogP contribution in [0.1, 0.15) is 0 Å². The summed E-state index contributed by atoms with van der Waals surface area (Å²) >= 11 is 0. The molecule has 1 nitrogen and oxygen atoms in total. The first kappa shape index (κ1) is 15.0. The minimum Gasteiger partial charge on any atom is -0.242 e. The molecule has 0 amide bonds. The van der Waals surface area contributed by atoms with Crippen molar-refractivity contribution in [1.29, 1.82) is 0 Å². The van der Waals surface area contributed by atoms with Crippen molar-refractivity contribution in [2.24, 2.45) is 0 Å². The first-order chi connectivity index (χ1) is 6.81. The predicted molar refractivity (Wildman–Crippen MR) is 27.4 cm³/mol. The molecule has 16 heavy (non-hydrogen) atoms. The maximum atomic E-state index is 12.0. The van der Waals surface area contributed by atoms with E-state index in [4.69, 9.17) is 0 Å². The van der Waals surface area contributed by atoms with Gasteiger partial charge in [-0.3, -0.25) is 0 Å². The van der Waals surface area contributed by atoms with Gasteiger partial charge in [-0.05, 0) is 0 Å². The van der Waals surface area contributed by atoms with Crippen molar-refractivity contribution in [3.8, 4) is 0 Å². The van der Waals surface area contributed by atoms with E-state index < -0.39 is 30.3 Å². The van der Waals surface area contributed by atoms with Crippen molar-refractivity contribution in [2.75, 3.05) is 0 Å². The molecule has 11 heteroatoms. The van der Waals surface area contributed by atoms with E-state index in [1.165, 1.54) is 0 Å². The molecule has 96 valence electrons. The van der Waals surface area contributed by atoms with Crippen LogP contribution in [0.25, 0.3) is 0 Å². The zero-order chi connectivity index (χ0) is 13.4. The van der Waals surface area contributed by atoms with Gasteiger partial charge in [0.05, 0.1) is 0 Å². The lowest BCUT2D eigenvalue weighted by Gasteiger charge is -2.23. The molecule has 0 bridgehead atoms. The Bertz CT molecular complexity index is 284. The van der Waals surface area contributed by atoms with Crippen LogP contribution in [0.2, 0.25) is 0 Å². The van der Waals surface area contributed by atoms with E-state index in [9.17, 15) is 43.9 Å². The van der Waals surface area contributed by atoms with Crippen molar-refractivity contribution in [2.45, 2.75) is 18.4 Å². The summed E-state index contributed by atoms with van der Waals surface area (Å²) in [7, 11) is 0. The molecule has 0 atom stereocenters. The van der Waals surface area contributed by atoms with Gasteiger partial charge in [0.1, 0.15) is 0 Å². The molecule has 0 radical (unpaired) electrons. The van der Waals surface area contributed by atoms with E-state index in [1.54, 1.807) is 4.74 Å². The fourth-order valence-corrected chi connectivity index (χ4v) is 0.374. The van der Waals surface area contributed by atoms with E-state index in [0.717, 1.165) is 0 Å². The van der Waals surface area contributed by atoms with Crippen LogP contribution in [-0.2, 0) is 4.74 Å². The van der Waals surface area contributed by atoms with E-state index in [-0.39, 0.29) is 0 Å². The summed E-state index contributed by atoms with van der Waals surface area (Å²) in [5, 5.41) is 0. The molecule has 0 unspecified atom stereocenters. The Balaban J connectivity index is 5.07. The quantitative estimate of drug-likeness (QED) is 0.705. The molecule has 0 aromatic carbocycles. The topological polar surface area (TPSA) is 9.23 Å². The Morgan fingerprint density at radius 2 is 1.12 bits per heavy atom. The lowest BCUT2D eigenvalue weighted by atomic mass is 10.5. The first-order valence-corrected chi connectivity index (χ1v) is 3.05. The number of rotatable bonds is 3. The number of hydrogen-bond donors (Lipinski definition) is 0. The van der Waals surface area contributed by atoms with Crippen LogP contribution < -0.4 is 0 Å². The van der Waals surface area contributed by atoms with Crippen molar-refractivity contribution < 1.29 is 48.6 Å². The van der Waals surface area contributed by atoms with Gasteiger partial charge in [-0.15, -0.1) is 0 Å². The monoisotopic (exact) mass is 266 g/mol. The van der Waals surface area contributed by atoms with Gasteiger partial charge in [0.2, 0.25) is 0 Å². The molecule has 0 spiro atoms. The second-order valence-electron chi connectivity index (χ2n) is 2.21. The van der Waals surface area contributed by atoms with Crippen molar-refractivity contribution in [3.05, 3.63) is 11.9 Å². The number of alkyl halides is 7. The Morgan fingerprint density at radius 3 is 1.38 bits per heavy atom. The van der Waals surface area contributed by atoms with Gasteiger partial charge in [-0.1, -0.05) is 0 Å². The molecule has 0 aromatic heterocycles. The lowest BCUT2D eigenvalue weighted by Crippen LogP contribution is -2.44. The van der Waals surface area contributed by atoms with Crippen LogP contribution in [-0.4, -0.2) is 18.4 Å². The van der Waals surface area contributed by atoms with Crippen LogP contribution in [0.5, 0.6) is 0 Å². The minimum atomic E-state index is -6.59. The van der Waals surface area contributed by atoms with Gasteiger partial charge in [-0.2, -0.15) is 43.9 Å². The van der Waals surface area contributed by atoms with Gasteiger partial charge in [0.15, 0.2) is 0 Å². The zero-order valence-corrected chi connectivity index (χ0v) is 6.69. The molecule has 0 saturated carbocycles. The molecule has 0 N–H and O–H groups in total. The molecular weight excluding hydrogens is 266 g/mol. The molecule has 0 aliphatic rings. The summed E-state index contributed by atoms with van der Waals surface area (Å²) in [5.74, 6) is -3.82. The Labute approximate surface area is 80.3 Å². The highest BCUT2D eigenvalue weighted by Gasteiger charge is 2.65. The molecule has 0 rings (SSSR count). The summed E-state index contributed by atoms with van der Waals surface area (Å²) < 4.78 is 117. The summed E-state index contributed by atoms with van der Waals surface area (Å²) in [6.07, 6.45) is -22.9. The minimum absolute atomic E-state index is 1.71. The highest BCUT2D eigenvalue weighted by atomic mass is 19.4. The van der Waals surface area contributed by atoms with E-state index in [1.807, 2.05) is 0 Å². The van der Waals surface area contributed by atoms with Gasteiger partial charge < -0.3 is 0 Å². The average Bonchev–Trinajstić information content (AvgIpc) is 1.98. The van der Waals surface area contributed by atoms with Crippen LogP contribution in [0, 0.1) is 0 Å². The standard InChI is InChI=1S/C5F10O/c6-1(2(7)8)3(9,10)16-5(14,15)4(11,12)13. The fraction of sp³-hybridized carbons (Fsp3) is 0.600. The highest BCUT2D eigenvalue weighted by Crippen LogP contribution is 2.43. The summed E-state index contributed by atoms with van der Waals surface area (Å²) in [4.78, 5) is 0. The van der Waals surface area contributed by atoms with Crippen LogP contribution in [0.3, 0.4) is 0 Å². The average molecular weight is 266 g/mol. The third kappa shape index (κ3) is 3.25. The van der Waals surface area contributed by atoms with Crippen LogP contribution in [0.15, 0.2) is 11.9 Å². The normalized spacial score (nSPS) is 13.9. The highest BCUT2D eigenvalue weighted by molar-refractivity contribution is 5.00. The van der Waals surface area contributed by atoms with E-state index >= 15 is 0 Å².